The third kappa shape index (κ3) is 7.30. The van der Waals surface area contributed by atoms with Crippen LogP contribution in [0.15, 0.2) is 0 Å². The average molecular weight is 203 g/mol. The molecule has 3 heteroatoms. The lowest BCUT2D eigenvalue weighted by molar-refractivity contribution is 0.0464. The molecular weight excluding hydrogens is 178 g/mol. The molecule has 0 aromatic heterocycles. The Labute approximate surface area is 87.8 Å². The normalized spacial score (nSPS) is 17.8. The molecule has 2 unspecified atom stereocenters. The SMILES string of the molecule is CCCC(C)(O)CNC(C)CCOC. The largest absolute Gasteiger partial charge is 0.389 e. The second kappa shape index (κ2) is 7.21. The van der Waals surface area contributed by atoms with Crippen LogP contribution in [-0.4, -0.2) is 37.0 Å². The van der Waals surface area contributed by atoms with E-state index in [1.54, 1.807) is 7.11 Å². The maximum Gasteiger partial charge on any atom is 0.0743 e. The predicted octanol–water partition coefficient (Wildman–Crippen LogP) is 1.55. The molecule has 0 fully saturated rings. The van der Waals surface area contributed by atoms with Gasteiger partial charge in [-0.1, -0.05) is 13.3 Å². The molecule has 0 radical (unpaired) electrons. The third-order valence-electron chi connectivity index (χ3n) is 2.37. The summed E-state index contributed by atoms with van der Waals surface area (Å²) in [6, 6.07) is 0.401. The van der Waals surface area contributed by atoms with E-state index >= 15 is 0 Å². The Morgan fingerprint density at radius 3 is 2.64 bits per heavy atom. The van der Waals surface area contributed by atoms with Gasteiger partial charge in [0.25, 0.3) is 0 Å². The maximum atomic E-state index is 9.90. The molecule has 86 valence electrons. The summed E-state index contributed by atoms with van der Waals surface area (Å²) in [6.45, 7) is 7.51. The predicted molar refractivity (Wildman–Crippen MR) is 59.5 cm³/mol. The molecule has 3 nitrogen and oxygen atoms in total. The smallest absolute Gasteiger partial charge is 0.0743 e. The number of rotatable bonds is 8. The van der Waals surface area contributed by atoms with E-state index in [1.807, 2.05) is 6.92 Å². The lowest BCUT2D eigenvalue weighted by Crippen LogP contribution is -2.41. The van der Waals surface area contributed by atoms with Crippen molar-refractivity contribution in [1.82, 2.24) is 5.32 Å². The van der Waals surface area contributed by atoms with E-state index in [4.69, 9.17) is 4.74 Å². The Bertz CT molecular complexity index is 137. The van der Waals surface area contributed by atoms with E-state index in [2.05, 4.69) is 19.2 Å². The summed E-state index contributed by atoms with van der Waals surface area (Å²) in [7, 11) is 1.71. The van der Waals surface area contributed by atoms with Crippen LogP contribution in [0.5, 0.6) is 0 Å². The highest BCUT2D eigenvalue weighted by Crippen LogP contribution is 2.10. The molecule has 0 rings (SSSR count). The number of hydrogen-bond donors (Lipinski definition) is 2. The van der Waals surface area contributed by atoms with Crippen molar-refractivity contribution in [2.24, 2.45) is 0 Å². The summed E-state index contributed by atoms with van der Waals surface area (Å²) in [5, 5.41) is 13.2. The molecule has 0 aromatic carbocycles. The second-order valence-electron chi connectivity index (χ2n) is 4.31. The third-order valence-corrected chi connectivity index (χ3v) is 2.37. The number of aliphatic hydroxyl groups is 1. The molecule has 0 amide bonds. The van der Waals surface area contributed by atoms with Gasteiger partial charge in [-0.05, 0) is 26.7 Å². The van der Waals surface area contributed by atoms with Gasteiger partial charge in [0.05, 0.1) is 5.60 Å². The minimum Gasteiger partial charge on any atom is -0.389 e. The highest BCUT2D eigenvalue weighted by atomic mass is 16.5. The van der Waals surface area contributed by atoms with Gasteiger partial charge in [0.15, 0.2) is 0 Å². The zero-order valence-electron chi connectivity index (χ0n) is 9.97. The van der Waals surface area contributed by atoms with Gasteiger partial charge in [-0.2, -0.15) is 0 Å². The Morgan fingerprint density at radius 1 is 1.50 bits per heavy atom. The standard InChI is InChI=1S/C11H25NO2/c1-5-7-11(3,13)9-12-10(2)6-8-14-4/h10,12-13H,5-9H2,1-4H3. The zero-order chi connectivity index (χ0) is 11.0. The van der Waals surface area contributed by atoms with Crippen molar-refractivity contribution < 1.29 is 9.84 Å². The van der Waals surface area contributed by atoms with E-state index in [1.165, 1.54) is 0 Å². The van der Waals surface area contributed by atoms with Gasteiger partial charge < -0.3 is 15.2 Å². The van der Waals surface area contributed by atoms with E-state index in [0.29, 0.717) is 12.6 Å². The topological polar surface area (TPSA) is 41.5 Å². The Kier molecular flexibility index (Phi) is 7.15. The first-order chi connectivity index (χ1) is 6.52. The summed E-state index contributed by atoms with van der Waals surface area (Å²) < 4.78 is 4.99. The van der Waals surface area contributed by atoms with Gasteiger partial charge in [0.1, 0.15) is 0 Å². The van der Waals surface area contributed by atoms with Crippen LogP contribution in [0, 0.1) is 0 Å². The fourth-order valence-electron chi connectivity index (χ4n) is 1.42. The lowest BCUT2D eigenvalue weighted by atomic mass is 10.0. The molecule has 0 saturated carbocycles. The van der Waals surface area contributed by atoms with Crippen LogP contribution in [0.25, 0.3) is 0 Å². The Balaban J connectivity index is 3.58. The Hall–Kier alpha value is -0.120. The van der Waals surface area contributed by atoms with Gasteiger partial charge >= 0.3 is 0 Å². The quantitative estimate of drug-likeness (QED) is 0.629. The molecule has 0 heterocycles. The van der Waals surface area contributed by atoms with Crippen molar-refractivity contribution in [3.05, 3.63) is 0 Å². The average Bonchev–Trinajstić information content (AvgIpc) is 2.11. The van der Waals surface area contributed by atoms with E-state index < -0.39 is 5.60 Å². The molecule has 2 atom stereocenters. The number of hydrogen-bond acceptors (Lipinski definition) is 3. The molecule has 0 bridgehead atoms. The molecule has 0 spiro atoms. The van der Waals surface area contributed by atoms with Crippen LogP contribution in [-0.2, 0) is 4.74 Å². The molecule has 0 saturated heterocycles. The first-order valence-electron chi connectivity index (χ1n) is 5.46. The summed E-state index contributed by atoms with van der Waals surface area (Å²) in [5.41, 5.74) is -0.573. The highest BCUT2D eigenvalue weighted by Gasteiger charge is 2.19. The molecule has 2 N–H and O–H groups in total. The fourth-order valence-corrected chi connectivity index (χ4v) is 1.42. The van der Waals surface area contributed by atoms with E-state index in [9.17, 15) is 5.11 Å². The number of ether oxygens (including phenoxy) is 1. The van der Waals surface area contributed by atoms with Crippen molar-refractivity contribution in [2.75, 3.05) is 20.3 Å². The summed E-state index contributed by atoms with van der Waals surface area (Å²) >= 11 is 0. The van der Waals surface area contributed by atoms with Crippen LogP contribution in [0.2, 0.25) is 0 Å². The van der Waals surface area contributed by atoms with Crippen LogP contribution in [0.3, 0.4) is 0 Å². The second-order valence-corrected chi connectivity index (χ2v) is 4.31. The summed E-state index contributed by atoms with van der Waals surface area (Å²) in [6.07, 6.45) is 2.84. The van der Waals surface area contributed by atoms with Crippen LogP contribution in [0.1, 0.15) is 40.0 Å². The van der Waals surface area contributed by atoms with Crippen molar-refractivity contribution in [2.45, 2.75) is 51.7 Å². The highest BCUT2D eigenvalue weighted by molar-refractivity contribution is 4.76. The molecule has 0 aliphatic heterocycles. The van der Waals surface area contributed by atoms with Crippen molar-refractivity contribution in [3.63, 3.8) is 0 Å². The van der Waals surface area contributed by atoms with Crippen LogP contribution in [0.4, 0.5) is 0 Å². The minimum absolute atomic E-state index is 0.401. The molecule has 0 aliphatic carbocycles. The van der Waals surface area contributed by atoms with Gasteiger partial charge in [-0.3, -0.25) is 0 Å². The maximum absolute atomic E-state index is 9.90. The van der Waals surface area contributed by atoms with Gasteiger partial charge in [-0.15, -0.1) is 0 Å². The van der Waals surface area contributed by atoms with Gasteiger partial charge in [-0.25, -0.2) is 0 Å². The van der Waals surface area contributed by atoms with Crippen molar-refractivity contribution in [3.8, 4) is 0 Å². The van der Waals surface area contributed by atoms with Crippen LogP contribution < -0.4 is 5.32 Å². The molecule has 14 heavy (non-hydrogen) atoms. The fraction of sp³-hybridized carbons (Fsp3) is 1.00. The zero-order valence-corrected chi connectivity index (χ0v) is 9.97. The minimum atomic E-state index is -0.573. The van der Waals surface area contributed by atoms with Crippen molar-refractivity contribution >= 4 is 0 Å². The summed E-state index contributed by atoms with van der Waals surface area (Å²) in [5.74, 6) is 0. The monoisotopic (exact) mass is 203 g/mol. The van der Waals surface area contributed by atoms with E-state index in [-0.39, 0.29) is 0 Å². The van der Waals surface area contributed by atoms with Crippen LogP contribution >= 0.6 is 0 Å². The van der Waals surface area contributed by atoms with Crippen molar-refractivity contribution in [1.29, 1.82) is 0 Å². The Morgan fingerprint density at radius 2 is 2.14 bits per heavy atom. The first-order valence-corrected chi connectivity index (χ1v) is 5.46. The number of nitrogens with one attached hydrogen (secondary N) is 1. The molecule has 0 aliphatic rings. The molecule has 0 aromatic rings. The van der Waals surface area contributed by atoms with Gasteiger partial charge in [0, 0.05) is 26.3 Å². The lowest BCUT2D eigenvalue weighted by Gasteiger charge is -2.25. The molecular formula is C11H25NO2. The van der Waals surface area contributed by atoms with Gasteiger partial charge in [0.2, 0.25) is 0 Å². The van der Waals surface area contributed by atoms with E-state index in [0.717, 1.165) is 25.9 Å². The number of methoxy groups -OCH3 is 1. The summed E-state index contributed by atoms with van der Waals surface area (Å²) in [4.78, 5) is 0. The first kappa shape index (κ1) is 13.9.